The summed E-state index contributed by atoms with van der Waals surface area (Å²) in [7, 11) is 0. The number of rotatable bonds is 4. The second kappa shape index (κ2) is 5.73. The van der Waals surface area contributed by atoms with Crippen LogP contribution in [0.2, 0.25) is 0 Å². The molecule has 0 fully saturated rings. The standard InChI is InChI=1S/C15H15BrN4O/c1-2-7-17-14-8-12(10-5-3-4-6-13(10)21)19-15-11(16)9-18-20(14)15/h3-6,8-9,17,21H,2,7H2,1H3. The summed E-state index contributed by atoms with van der Waals surface area (Å²) in [6, 6.07) is 9.08. The fourth-order valence-electron chi connectivity index (χ4n) is 2.14. The summed E-state index contributed by atoms with van der Waals surface area (Å²) < 4.78 is 2.57. The topological polar surface area (TPSA) is 62.5 Å². The Morgan fingerprint density at radius 1 is 1.33 bits per heavy atom. The molecule has 0 aliphatic carbocycles. The summed E-state index contributed by atoms with van der Waals surface area (Å²) in [5.41, 5.74) is 2.13. The van der Waals surface area contributed by atoms with E-state index in [-0.39, 0.29) is 5.75 Å². The number of fused-ring (bicyclic) bond motifs is 1. The van der Waals surface area contributed by atoms with E-state index in [4.69, 9.17) is 0 Å². The zero-order valence-corrected chi connectivity index (χ0v) is 13.1. The Balaban J connectivity index is 2.19. The van der Waals surface area contributed by atoms with Crippen molar-refractivity contribution < 1.29 is 5.11 Å². The van der Waals surface area contributed by atoms with Gasteiger partial charge in [-0.05, 0) is 34.5 Å². The molecule has 2 heterocycles. The molecule has 2 aromatic heterocycles. The van der Waals surface area contributed by atoms with Gasteiger partial charge in [0.2, 0.25) is 0 Å². The van der Waals surface area contributed by atoms with Gasteiger partial charge in [-0.3, -0.25) is 0 Å². The summed E-state index contributed by atoms with van der Waals surface area (Å²) in [6.07, 6.45) is 2.73. The largest absolute Gasteiger partial charge is 0.507 e. The average molecular weight is 347 g/mol. The van der Waals surface area contributed by atoms with E-state index in [9.17, 15) is 5.11 Å². The van der Waals surface area contributed by atoms with Gasteiger partial charge in [0.05, 0.1) is 16.4 Å². The van der Waals surface area contributed by atoms with Gasteiger partial charge < -0.3 is 10.4 Å². The highest BCUT2D eigenvalue weighted by atomic mass is 79.9. The second-order valence-corrected chi connectivity index (χ2v) is 5.55. The van der Waals surface area contributed by atoms with Crippen LogP contribution in [-0.2, 0) is 0 Å². The molecule has 1 aromatic carbocycles. The molecule has 2 N–H and O–H groups in total. The minimum atomic E-state index is 0.214. The molecule has 0 bridgehead atoms. The SMILES string of the molecule is CCCNc1cc(-c2ccccc2O)nc2c(Br)cnn12. The van der Waals surface area contributed by atoms with Crippen molar-refractivity contribution >= 4 is 27.4 Å². The van der Waals surface area contributed by atoms with E-state index in [1.54, 1.807) is 22.8 Å². The molecule has 3 rings (SSSR count). The van der Waals surface area contributed by atoms with Gasteiger partial charge >= 0.3 is 0 Å². The molecule has 0 spiro atoms. The quantitative estimate of drug-likeness (QED) is 0.756. The second-order valence-electron chi connectivity index (χ2n) is 4.70. The van der Waals surface area contributed by atoms with Crippen molar-refractivity contribution in [3.8, 4) is 17.0 Å². The third kappa shape index (κ3) is 2.58. The van der Waals surface area contributed by atoms with Crippen LogP contribution >= 0.6 is 15.9 Å². The Kier molecular flexibility index (Phi) is 3.79. The lowest BCUT2D eigenvalue weighted by Crippen LogP contribution is -2.07. The first kappa shape index (κ1) is 13.9. The first-order valence-electron chi connectivity index (χ1n) is 6.77. The van der Waals surface area contributed by atoms with Crippen LogP contribution in [0.4, 0.5) is 5.82 Å². The number of aromatic nitrogens is 3. The van der Waals surface area contributed by atoms with Crippen molar-refractivity contribution in [3.05, 3.63) is 41.0 Å². The smallest absolute Gasteiger partial charge is 0.172 e. The van der Waals surface area contributed by atoms with Crippen molar-refractivity contribution in [1.82, 2.24) is 14.6 Å². The summed E-state index contributed by atoms with van der Waals surface area (Å²) in [4.78, 5) is 4.59. The molecule has 0 aliphatic heterocycles. The van der Waals surface area contributed by atoms with Gasteiger partial charge in [0.15, 0.2) is 5.65 Å². The molecule has 0 saturated carbocycles. The number of benzene rings is 1. The number of hydrogen-bond donors (Lipinski definition) is 2. The lowest BCUT2D eigenvalue weighted by Gasteiger charge is -2.10. The molecule has 0 radical (unpaired) electrons. The van der Waals surface area contributed by atoms with Gasteiger partial charge in [-0.1, -0.05) is 19.1 Å². The number of phenols is 1. The van der Waals surface area contributed by atoms with Crippen LogP contribution in [0.5, 0.6) is 5.75 Å². The van der Waals surface area contributed by atoms with Crippen LogP contribution < -0.4 is 5.32 Å². The molecular formula is C15H15BrN4O. The van der Waals surface area contributed by atoms with E-state index in [1.807, 2.05) is 18.2 Å². The van der Waals surface area contributed by atoms with Gasteiger partial charge in [-0.15, -0.1) is 0 Å². The summed E-state index contributed by atoms with van der Waals surface area (Å²) in [5.74, 6) is 1.07. The molecule has 5 nitrogen and oxygen atoms in total. The third-order valence-electron chi connectivity index (χ3n) is 3.16. The first-order chi connectivity index (χ1) is 10.2. The Bertz CT molecular complexity index is 784. The molecule has 0 unspecified atom stereocenters. The Labute approximate surface area is 130 Å². The maximum atomic E-state index is 10.0. The molecule has 0 atom stereocenters. The zero-order valence-electron chi connectivity index (χ0n) is 11.5. The molecule has 0 aliphatic rings. The predicted octanol–water partition coefficient (Wildman–Crippen LogP) is 3.69. The normalized spacial score (nSPS) is 11.0. The highest BCUT2D eigenvalue weighted by Crippen LogP contribution is 2.30. The fraction of sp³-hybridized carbons (Fsp3) is 0.200. The highest BCUT2D eigenvalue weighted by Gasteiger charge is 2.12. The number of aromatic hydroxyl groups is 1. The third-order valence-corrected chi connectivity index (χ3v) is 3.72. The van der Waals surface area contributed by atoms with Gasteiger partial charge in [0, 0.05) is 18.2 Å². The summed E-state index contributed by atoms with van der Waals surface area (Å²) in [5, 5.41) is 17.7. The minimum Gasteiger partial charge on any atom is -0.507 e. The number of hydrogen-bond acceptors (Lipinski definition) is 4. The maximum absolute atomic E-state index is 10.0. The van der Waals surface area contributed by atoms with E-state index >= 15 is 0 Å². The zero-order chi connectivity index (χ0) is 14.8. The lowest BCUT2D eigenvalue weighted by atomic mass is 10.1. The summed E-state index contributed by atoms with van der Waals surface area (Å²) >= 11 is 3.46. The van der Waals surface area contributed by atoms with E-state index < -0.39 is 0 Å². The molecule has 0 amide bonds. The fourth-order valence-corrected chi connectivity index (χ4v) is 2.49. The summed E-state index contributed by atoms with van der Waals surface area (Å²) in [6.45, 7) is 2.95. The minimum absolute atomic E-state index is 0.214. The number of anilines is 1. The van der Waals surface area contributed by atoms with Gasteiger partial charge in [0.25, 0.3) is 0 Å². The van der Waals surface area contributed by atoms with Gasteiger partial charge in [0.1, 0.15) is 11.6 Å². The van der Waals surface area contributed by atoms with Crippen LogP contribution in [0, 0.1) is 0 Å². The van der Waals surface area contributed by atoms with Crippen LogP contribution in [0.3, 0.4) is 0 Å². The van der Waals surface area contributed by atoms with E-state index in [2.05, 4.69) is 38.3 Å². The van der Waals surface area contributed by atoms with Crippen molar-refractivity contribution in [2.24, 2.45) is 0 Å². The van der Waals surface area contributed by atoms with Crippen LogP contribution in [0.25, 0.3) is 16.9 Å². The predicted molar refractivity (Wildman–Crippen MR) is 86.6 cm³/mol. The molecular weight excluding hydrogens is 332 g/mol. The Hall–Kier alpha value is -2.08. The van der Waals surface area contributed by atoms with Gasteiger partial charge in [-0.2, -0.15) is 9.61 Å². The van der Waals surface area contributed by atoms with Crippen molar-refractivity contribution in [3.63, 3.8) is 0 Å². The highest BCUT2D eigenvalue weighted by molar-refractivity contribution is 9.10. The van der Waals surface area contributed by atoms with Crippen molar-refractivity contribution in [1.29, 1.82) is 0 Å². The van der Waals surface area contributed by atoms with E-state index in [1.165, 1.54) is 0 Å². The van der Waals surface area contributed by atoms with E-state index in [0.29, 0.717) is 16.9 Å². The number of halogens is 1. The molecule has 6 heteroatoms. The molecule has 21 heavy (non-hydrogen) atoms. The lowest BCUT2D eigenvalue weighted by molar-refractivity contribution is 0.477. The van der Waals surface area contributed by atoms with Crippen LogP contribution in [0.1, 0.15) is 13.3 Å². The number of para-hydroxylation sites is 1. The Morgan fingerprint density at radius 2 is 2.14 bits per heavy atom. The average Bonchev–Trinajstić information content (AvgIpc) is 2.87. The first-order valence-corrected chi connectivity index (χ1v) is 7.56. The number of phenolic OH excluding ortho intramolecular Hbond substituents is 1. The number of nitrogens with one attached hydrogen (secondary N) is 1. The van der Waals surface area contributed by atoms with Crippen LogP contribution in [-0.4, -0.2) is 26.2 Å². The Morgan fingerprint density at radius 3 is 2.90 bits per heavy atom. The van der Waals surface area contributed by atoms with E-state index in [0.717, 1.165) is 23.3 Å². The number of nitrogens with zero attached hydrogens (tertiary/aromatic N) is 3. The monoisotopic (exact) mass is 346 g/mol. The van der Waals surface area contributed by atoms with Crippen molar-refractivity contribution in [2.75, 3.05) is 11.9 Å². The maximum Gasteiger partial charge on any atom is 0.172 e. The van der Waals surface area contributed by atoms with Gasteiger partial charge in [-0.25, -0.2) is 4.98 Å². The molecule has 0 saturated heterocycles. The van der Waals surface area contributed by atoms with Crippen molar-refractivity contribution in [2.45, 2.75) is 13.3 Å². The molecule has 108 valence electrons. The van der Waals surface area contributed by atoms with Crippen LogP contribution in [0.15, 0.2) is 41.0 Å². The molecule has 3 aromatic rings.